The summed E-state index contributed by atoms with van der Waals surface area (Å²) in [5, 5.41) is 6.38. The molecular weight excluding hydrogens is 295 g/mol. The van der Waals surface area contributed by atoms with Crippen molar-refractivity contribution in [3.8, 4) is 0 Å². The van der Waals surface area contributed by atoms with Crippen molar-refractivity contribution in [2.45, 2.75) is 32.2 Å². The fraction of sp³-hybridized carbons (Fsp3) is 0.333. The molecule has 0 fully saturated rings. The van der Waals surface area contributed by atoms with Crippen LogP contribution in [0.15, 0.2) is 36.7 Å². The monoisotopic (exact) mass is 311 g/mol. The first-order valence-electron chi connectivity index (χ1n) is 6.67. The van der Waals surface area contributed by atoms with Crippen molar-refractivity contribution in [2.24, 2.45) is 0 Å². The van der Waals surface area contributed by atoms with Crippen LogP contribution < -0.4 is 5.32 Å². The van der Waals surface area contributed by atoms with Crippen LogP contribution in [0.1, 0.15) is 19.4 Å². The van der Waals surface area contributed by atoms with Crippen molar-refractivity contribution in [1.82, 2.24) is 9.78 Å². The van der Waals surface area contributed by atoms with Gasteiger partial charge in [-0.1, -0.05) is 12.1 Å². The van der Waals surface area contributed by atoms with Crippen LogP contribution in [-0.4, -0.2) is 22.1 Å². The average molecular weight is 311 g/mol. The van der Waals surface area contributed by atoms with Crippen molar-refractivity contribution in [2.75, 3.05) is 5.32 Å². The summed E-state index contributed by atoms with van der Waals surface area (Å²) in [6.45, 7) is 2.86. The van der Waals surface area contributed by atoms with Gasteiger partial charge in [-0.2, -0.15) is 5.10 Å². The molecule has 1 aromatic heterocycles. The highest BCUT2D eigenvalue weighted by molar-refractivity contribution is 5.98. The van der Waals surface area contributed by atoms with Crippen LogP contribution in [-0.2, 0) is 16.8 Å². The van der Waals surface area contributed by atoms with Crippen LogP contribution in [0.25, 0.3) is 0 Å². The molecule has 0 unspecified atom stereocenters. The van der Waals surface area contributed by atoms with Gasteiger partial charge in [-0.25, -0.2) is 13.2 Å². The van der Waals surface area contributed by atoms with E-state index in [0.29, 0.717) is 11.3 Å². The summed E-state index contributed by atoms with van der Waals surface area (Å²) in [5.74, 6) is -0.719. The molecule has 1 heterocycles. The Morgan fingerprint density at radius 1 is 1.32 bits per heavy atom. The zero-order chi connectivity index (χ0) is 16.3. The minimum atomic E-state index is -2.51. The second kappa shape index (κ2) is 6.21. The largest absolute Gasteiger partial charge is 0.323 e. The van der Waals surface area contributed by atoms with Crippen LogP contribution in [0.3, 0.4) is 0 Å². The predicted octanol–water partition coefficient (Wildman–Crippen LogP) is 3.20. The normalized spacial score (nSPS) is 11.7. The maximum Gasteiger partial charge on any atom is 0.257 e. The second-order valence-corrected chi connectivity index (χ2v) is 5.43. The zero-order valence-corrected chi connectivity index (χ0v) is 12.2. The van der Waals surface area contributed by atoms with E-state index in [0.717, 1.165) is 4.68 Å². The molecule has 0 atom stereocenters. The molecule has 0 aliphatic rings. The average Bonchev–Trinajstić information content (AvgIpc) is 2.85. The Bertz CT molecular complexity index is 650. The number of amides is 1. The minimum absolute atomic E-state index is 0.334. The summed E-state index contributed by atoms with van der Waals surface area (Å²) in [6.07, 6.45) is 0.130. The van der Waals surface area contributed by atoms with Gasteiger partial charge in [-0.3, -0.25) is 9.48 Å². The van der Waals surface area contributed by atoms with Crippen LogP contribution in [0.2, 0.25) is 0 Å². The molecule has 1 amide bonds. The molecule has 0 aliphatic heterocycles. The quantitative estimate of drug-likeness (QED) is 0.921. The summed E-state index contributed by atoms with van der Waals surface area (Å²) in [4.78, 5) is 12.4. The number of anilines is 1. The molecule has 22 heavy (non-hydrogen) atoms. The number of nitrogens with zero attached hydrogens (tertiary/aromatic N) is 2. The summed E-state index contributed by atoms with van der Waals surface area (Å²) in [6, 6.07) is 5.64. The first kappa shape index (κ1) is 16.1. The van der Waals surface area contributed by atoms with Gasteiger partial charge < -0.3 is 5.32 Å². The molecule has 0 radical (unpaired) electrons. The van der Waals surface area contributed by atoms with Gasteiger partial charge in [0.2, 0.25) is 5.91 Å². The zero-order valence-electron chi connectivity index (χ0n) is 12.2. The van der Waals surface area contributed by atoms with Crippen LogP contribution in [0.4, 0.5) is 18.9 Å². The molecule has 0 saturated carbocycles. The third kappa shape index (κ3) is 3.66. The van der Waals surface area contributed by atoms with E-state index >= 15 is 0 Å². The number of hydrogen-bond acceptors (Lipinski definition) is 2. The highest BCUT2D eigenvalue weighted by Gasteiger charge is 2.30. The predicted molar refractivity (Wildman–Crippen MR) is 76.3 cm³/mol. The third-order valence-corrected chi connectivity index (χ3v) is 3.35. The molecule has 118 valence electrons. The first-order valence-corrected chi connectivity index (χ1v) is 6.67. The Kier molecular flexibility index (Phi) is 4.54. The van der Waals surface area contributed by atoms with Crippen LogP contribution in [0.5, 0.6) is 0 Å². The van der Waals surface area contributed by atoms with E-state index in [9.17, 15) is 18.0 Å². The van der Waals surface area contributed by atoms with Crippen molar-refractivity contribution >= 4 is 11.6 Å². The van der Waals surface area contributed by atoms with E-state index in [4.69, 9.17) is 0 Å². The Morgan fingerprint density at radius 3 is 2.55 bits per heavy atom. The Morgan fingerprint density at radius 2 is 1.95 bits per heavy atom. The van der Waals surface area contributed by atoms with E-state index in [-0.39, 0.29) is 11.7 Å². The van der Waals surface area contributed by atoms with Crippen molar-refractivity contribution in [1.29, 1.82) is 0 Å². The lowest BCUT2D eigenvalue weighted by molar-refractivity contribution is -0.120. The molecule has 0 spiro atoms. The standard InChI is InChI=1S/C15H16F3N3O/c1-15(2,10-3-5-11(16)6-4-10)14(22)20-12-7-19-21(8-12)9-13(17)18/h3-8,13H,9H2,1-2H3,(H,20,22). The van der Waals surface area contributed by atoms with E-state index in [2.05, 4.69) is 10.4 Å². The van der Waals surface area contributed by atoms with Gasteiger partial charge in [0, 0.05) is 6.20 Å². The third-order valence-electron chi connectivity index (χ3n) is 3.35. The van der Waals surface area contributed by atoms with Gasteiger partial charge in [0.1, 0.15) is 12.4 Å². The van der Waals surface area contributed by atoms with E-state index in [1.165, 1.54) is 36.7 Å². The summed E-state index contributed by atoms with van der Waals surface area (Å²) < 4.78 is 38.5. The van der Waals surface area contributed by atoms with Gasteiger partial charge in [0.25, 0.3) is 6.43 Å². The number of aromatic nitrogens is 2. The molecule has 1 N–H and O–H groups in total. The summed E-state index contributed by atoms with van der Waals surface area (Å²) >= 11 is 0. The number of nitrogens with one attached hydrogen (secondary N) is 1. The minimum Gasteiger partial charge on any atom is -0.323 e. The molecule has 1 aromatic carbocycles. The van der Waals surface area contributed by atoms with Crippen molar-refractivity contribution < 1.29 is 18.0 Å². The Hall–Kier alpha value is -2.31. The number of carbonyl (C=O) groups excluding carboxylic acids is 1. The molecule has 7 heteroatoms. The fourth-order valence-corrected chi connectivity index (χ4v) is 1.95. The van der Waals surface area contributed by atoms with E-state index in [1.807, 2.05) is 0 Å². The molecule has 0 aliphatic carbocycles. The SMILES string of the molecule is CC(C)(C(=O)Nc1cnn(CC(F)F)c1)c1ccc(F)cc1. The Balaban J connectivity index is 2.10. The van der Waals surface area contributed by atoms with Crippen LogP contribution in [0, 0.1) is 5.82 Å². The number of benzene rings is 1. The first-order chi connectivity index (χ1) is 10.3. The fourth-order valence-electron chi connectivity index (χ4n) is 1.95. The van der Waals surface area contributed by atoms with Gasteiger partial charge in [-0.05, 0) is 31.5 Å². The number of halogens is 3. The number of carbonyl (C=O) groups is 1. The molecule has 0 saturated heterocycles. The number of hydrogen-bond donors (Lipinski definition) is 1. The summed E-state index contributed by atoms with van der Waals surface area (Å²) in [7, 11) is 0. The van der Waals surface area contributed by atoms with Crippen molar-refractivity contribution in [3.05, 3.63) is 48.0 Å². The second-order valence-electron chi connectivity index (χ2n) is 5.43. The number of alkyl halides is 2. The maximum atomic E-state index is 13.0. The Labute approximate surface area is 125 Å². The highest BCUT2D eigenvalue weighted by atomic mass is 19.3. The van der Waals surface area contributed by atoms with Gasteiger partial charge >= 0.3 is 0 Å². The molecule has 0 bridgehead atoms. The molecule has 4 nitrogen and oxygen atoms in total. The van der Waals surface area contributed by atoms with Crippen molar-refractivity contribution in [3.63, 3.8) is 0 Å². The lowest BCUT2D eigenvalue weighted by Gasteiger charge is -2.23. The van der Waals surface area contributed by atoms with E-state index < -0.39 is 18.4 Å². The van der Waals surface area contributed by atoms with Gasteiger partial charge in [-0.15, -0.1) is 0 Å². The lowest BCUT2D eigenvalue weighted by atomic mass is 9.83. The molecular formula is C15H16F3N3O. The summed E-state index contributed by atoms with van der Waals surface area (Å²) in [5.41, 5.74) is 0.0746. The lowest BCUT2D eigenvalue weighted by Crippen LogP contribution is -2.34. The highest BCUT2D eigenvalue weighted by Crippen LogP contribution is 2.25. The van der Waals surface area contributed by atoms with Crippen LogP contribution >= 0.6 is 0 Å². The van der Waals surface area contributed by atoms with Gasteiger partial charge in [0.15, 0.2) is 0 Å². The molecule has 2 aromatic rings. The molecule has 2 rings (SSSR count). The van der Waals surface area contributed by atoms with E-state index in [1.54, 1.807) is 13.8 Å². The van der Waals surface area contributed by atoms with Gasteiger partial charge in [0.05, 0.1) is 17.3 Å². The topological polar surface area (TPSA) is 46.9 Å². The maximum absolute atomic E-state index is 13.0. The smallest absolute Gasteiger partial charge is 0.257 e. The number of rotatable bonds is 5.